The van der Waals surface area contributed by atoms with Gasteiger partial charge in [0.2, 0.25) is 10.0 Å². The molecule has 192 valence electrons. The molecular formula is C28H29N3O5S. The Morgan fingerprint density at radius 3 is 1.73 bits per heavy atom. The molecule has 2 atom stereocenters. The van der Waals surface area contributed by atoms with E-state index < -0.39 is 21.4 Å². The molecule has 0 aromatic heterocycles. The zero-order valence-electron chi connectivity index (χ0n) is 21.2. The molecule has 0 spiro atoms. The third-order valence-corrected chi connectivity index (χ3v) is 8.32. The summed E-state index contributed by atoms with van der Waals surface area (Å²) in [5, 5.41) is 17.8. The predicted molar refractivity (Wildman–Crippen MR) is 139 cm³/mol. The van der Waals surface area contributed by atoms with Crippen molar-refractivity contribution in [3.8, 4) is 23.6 Å². The van der Waals surface area contributed by atoms with Crippen molar-refractivity contribution in [1.82, 2.24) is 4.31 Å². The van der Waals surface area contributed by atoms with E-state index in [4.69, 9.17) is 14.2 Å². The summed E-state index contributed by atoms with van der Waals surface area (Å²) in [4.78, 5) is 0. The molecule has 3 aromatic rings. The van der Waals surface area contributed by atoms with Gasteiger partial charge in [-0.25, -0.2) is 8.42 Å². The monoisotopic (exact) mass is 519 g/mol. The molecule has 8 nitrogen and oxygen atoms in total. The number of ether oxygens (including phenoxy) is 3. The first-order valence-electron chi connectivity index (χ1n) is 11.5. The number of benzene rings is 3. The van der Waals surface area contributed by atoms with Crippen LogP contribution in [-0.4, -0.2) is 39.3 Å². The highest BCUT2D eigenvalue weighted by molar-refractivity contribution is 7.89. The molecule has 37 heavy (non-hydrogen) atoms. The normalized spacial score (nSPS) is 12.8. The van der Waals surface area contributed by atoms with Gasteiger partial charge >= 0.3 is 0 Å². The van der Waals surface area contributed by atoms with Gasteiger partial charge in [-0.1, -0.05) is 30.3 Å². The van der Waals surface area contributed by atoms with E-state index in [1.165, 1.54) is 17.5 Å². The predicted octanol–water partition coefficient (Wildman–Crippen LogP) is 4.56. The smallest absolute Gasteiger partial charge is 0.220 e. The molecule has 3 aromatic carbocycles. The number of nitrogens with zero attached hydrogens (tertiary/aromatic N) is 3. The number of hydrogen-bond donors (Lipinski definition) is 0. The van der Waals surface area contributed by atoms with Crippen LogP contribution in [0.25, 0.3) is 0 Å². The van der Waals surface area contributed by atoms with Crippen molar-refractivity contribution >= 4 is 10.0 Å². The summed E-state index contributed by atoms with van der Waals surface area (Å²) in [5.74, 6) is 1.34. The Hall–Kier alpha value is -3.89. The molecule has 0 saturated heterocycles. The van der Waals surface area contributed by atoms with Crippen molar-refractivity contribution in [2.45, 2.75) is 31.4 Å². The zero-order valence-corrected chi connectivity index (χ0v) is 22.0. The second-order valence-corrected chi connectivity index (χ2v) is 10.7. The van der Waals surface area contributed by atoms with Gasteiger partial charge in [-0.2, -0.15) is 14.8 Å². The first kappa shape index (κ1) is 27.7. The fourth-order valence-corrected chi connectivity index (χ4v) is 5.74. The van der Waals surface area contributed by atoms with Crippen molar-refractivity contribution in [2.24, 2.45) is 0 Å². The van der Waals surface area contributed by atoms with Gasteiger partial charge in [0.1, 0.15) is 22.9 Å². The van der Waals surface area contributed by atoms with Crippen LogP contribution in [0.2, 0.25) is 0 Å². The summed E-state index contributed by atoms with van der Waals surface area (Å²) in [6.07, 6.45) is -0.929. The van der Waals surface area contributed by atoms with E-state index in [1.807, 2.05) is 30.3 Å². The zero-order chi connectivity index (χ0) is 27.0. The van der Waals surface area contributed by atoms with Crippen LogP contribution >= 0.6 is 0 Å². The Morgan fingerprint density at radius 2 is 1.32 bits per heavy atom. The maximum absolute atomic E-state index is 14.0. The van der Waals surface area contributed by atoms with E-state index in [-0.39, 0.29) is 18.7 Å². The first-order chi connectivity index (χ1) is 17.8. The third kappa shape index (κ3) is 6.46. The number of methoxy groups -OCH3 is 3. The second-order valence-electron chi connectivity index (χ2n) is 8.40. The van der Waals surface area contributed by atoms with Crippen molar-refractivity contribution < 1.29 is 22.6 Å². The Labute approximate surface area is 218 Å². The average molecular weight is 520 g/mol. The summed E-state index contributed by atoms with van der Waals surface area (Å²) < 4.78 is 45.6. The lowest BCUT2D eigenvalue weighted by atomic mass is 9.99. The average Bonchev–Trinajstić information content (AvgIpc) is 2.93. The molecule has 0 amide bonds. The fourth-order valence-electron chi connectivity index (χ4n) is 4.04. The van der Waals surface area contributed by atoms with Crippen molar-refractivity contribution in [3.05, 3.63) is 94.5 Å². The molecule has 0 aliphatic heterocycles. The first-order valence-corrected chi connectivity index (χ1v) is 13.0. The standard InChI is InChI=1S/C28H29N3O5S/c1-20(28(36-4)27-14-9-23(16-29)15-24(27)17-30)37(32,33)31(18-21-5-10-25(34-2)11-6-21)19-22-7-12-26(35-3)13-8-22/h5-15,20,28H,18-19H2,1-4H3/t20-,28-/m1/s1. The third-order valence-electron chi connectivity index (χ3n) is 6.16. The summed E-state index contributed by atoms with van der Waals surface area (Å²) in [7, 11) is 0.593. The van der Waals surface area contributed by atoms with Crippen LogP contribution in [0.1, 0.15) is 40.8 Å². The number of nitriles is 2. The van der Waals surface area contributed by atoms with Crippen molar-refractivity contribution in [1.29, 1.82) is 10.5 Å². The van der Waals surface area contributed by atoms with Crippen LogP contribution in [0.15, 0.2) is 66.7 Å². The lowest BCUT2D eigenvalue weighted by Gasteiger charge is -2.30. The van der Waals surface area contributed by atoms with E-state index in [0.29, 0.717) is 22.6 Å². The van der Waals surface area contributed by atoms with Crippen LogP contribution in [-0.2, 0) is 27.8 Å². The molecule has 0 bridgehead atoms. The molecule has 0 unspecified atom stereocenters. The second kappa shape index (κ2) is 12.4. The fraction of sp³-hybridized carbons (Fsp3) is 0.286. The van der Waals surface area contributed by atoms with Crippen LogP contribution in [0.5, 0.6) is 11.5 Å². The van der Waals surface area contributed by atoms with E-state index in [9.17, 15) is 18.9 Å². The largest absolute Gasteiger partial charge is 0.497 e. The Balaban J connectivity index is 2.00. The van der Waals surface area contributed by atoms with Gasteiger partial charge in [-0.05, 0) is 60.0 Å². The molecule has 0 aliphatic rings. The Kier molecular flexibility index (Phi) is 9.26. The van der Waals surface area contributed by atoms with E-state index in [0.717, 1.165) is 11.1 Å². The molecule has 0 heterocycles. The van der Waals surface area contributed by atoms with Gasteiger partial charge < -0.3 is 14.2 Å². The minimum absolute atomic E-state index is 0.123. The van der Waals surface area contributed by atoms with Gasteiger partial charge in [0.25, 0.3) is 0 Å². The van der Waals surface area contributed by atoms with E-state index in [2.05, 4.69) is 6.07 Å². The molecule has 0 fully saturated rings. The molecule has 0 saturated carbocycles. The van der Waals surface area contributed by atoms with Gasteiger partial charge in [0, 0.05) is 20.2 Å². The molecule has 0 radical (unpaired) electrons. The minimum atomic E-state index is -3.96. The number of rotatable bonds is 11. The lowest BCUT2D eigenvalue weighted by Crippen LogP contribution is -2.40. The SMILES string of the molecule is COc1ccc(CN(Cc2ccc(OC)cc2)S(=O)(=O)[C@H](C)[C@@H](OC)c2ccc(C#N)cc2C#N)cc1. The highest BCUT2D eigenvalue weighted by Gasteiger charge is 2.37. The van der Waals surface area contributed by atoms with Crippen molar-refractivity contribution in [2.75, 3.05) is 21.3 Å². The highest BCUT2D eigenvalue weighted by Crippen LogP contribution is 2.32. The van der Waals surface area contributed by atoms with E-state index >= 15 is 0 Å². The molecule has 0 N–H and O–H groups in total. The molecule has 9 heteroatoms. The van der Waals surface area contributed by atoms with E-state index in [1.54, 1.807) is 57.5 Å². The van der Waals surface area contributed by atoms with Crippen LogP contribution < -0.4 is 9.47 Å². The summed E-state index contributed by atoms with van der Waals surface area (Å²) in [5.41, 5.74) is 2.50. The van der Waals surface area contributed by atoms with Crippen molar-refractivity contribution in [3.63, 3.8) is 0 Å². The highest BCUT2D eigenvalue weighted by atomic mass is 32.2. The lowest BCUT2D eigenvalue weighted by molar-refractivity contribution is 0.100. The summed E-state index contributed by atoms with van der Waals surface area (Å²) >= 11 is 0. The maximum Gasteiger partial charge on any atom is 0.220 e. The molecular weight excluding hydrogens is 490 g/mol. The Bertz CT molecular complexity index is 1340. The summed E-state index contributed by atoms with van der Waals surface area (Å²) in [6, 6.07) is 23.0. The minimum Gasteiger partial charge on any atom is -0.497 e. The summed E-state index contributed by atoms with van der Waals surface area (Å²) in [6.45, 7) is 1.81. The molecule has 0 aliphatic carbocycles. The maximum atomic E-state index is 14.0. The quantitative estimate of drug-likeness (QED) is 0.365. The number of sulfonamides is 1. The van der Waals surface area contributed by atoms with Gasteiger partial charge in [0.05, 0.1) is 37.5 Å². The number of hydrogen-bond acceptors (Lipinski definition) is 7. The molecule has 3 rings (SSSR count). The van der Waals surface area contributed by atoms with Gasteiger partial charge in [-0.15, -0.1) is 0 Å². The van der Waals surface area contributed by atoms with Crippen LogP contribution in [0.4, 0.5) is 0 Å². The topological polar surface area (TPSA) is 113 Å². The van der Waals surface area contributed by atoms with Gasteiger partial charge in [-0.3, -0.25) is 0 Å². The van der Waals surface area contributed by atoms with Crippen LogP contribution in [0.3, 0.4) is 0 Å². The van der Waals surface area contributed by atoms with Gasteiger partial charge in [0.15, 0.2) is 0 Å². The van der Waals surface area contributed by atoms with Crippen LogP contribution in [0, 0.1) is 22.7 Å². The Morgan fingerprint density at radius 1 is 0.811 bits per heavy atom.